The van der Waals surface area contributed by atoms with Gasteiger partial charge in [0.05, 0.1) is 29.5 Å². The van der Waals surface area contributed by atoms with Crippen LogP contribution in [-0.4, -0.2) is 51.5 Å². The number of ether oxygens (including phenoxy) is 2. The highest BCUT2D eigenvalue weighted by Crippen LogP contribution is 2.42. The highest BCUT2D eigenvalue weighted by Gasteiger charge is 2.33. The molecule has 3 atom stereocenters. The van der Waals surface area contributed by atoms with Gasteiger partial charge in [-0.3, -0.25) is 4.57 Å². The summed E-state index contributed by atoms with van der Waals surface area (Å²) in [6.45, 7) is 8.99. The van der Waals surface area contributed by atoms with Crippen molar-refractivity contribution in [2.75, 3.05) is 21.2 Å². The molecule has 0 saturated heterocycles. The highest BCUT2D eigenvalue weighted by atomic mass is 16.5. The largest absolute Gasteiger partial charge is 0.497 e. The van der Waals surface area contributed by atoms with Crippen molar-refractivity contribution in [3.63, 3.8) is 0 Å². The van der Waals surface area contributed by atoms with Crippen molar-refractivity contribution in [2.45, 2.75) is 46.1 Å². The van der Waals surface area contributed by atoms with Crippen molar-refractivity contribution in [1.29, 1.82) is 0 Å². The summed E-state index contributed by atoms with van der Waals surface area (Å²) in [6, 6.07) is 27.1. The molecule has 234 valence electrons. The van der Waals surface area contributed by atoms with Crippen LogP contribution in [0.2, 0.25) is 0 Å². The molecule has 1 aliphatic carbocycles. The average Bonchev–Trinajstić information content (AvgIpc) is 3.53. The van der Waals surface area contributed by atoms with Crippen LogP contribution in [0.1, 0.15) is 43.1 Å². The molecule has 0 bridgehead atoms. The average molecular weight is 612 g/mol. The summed E-state index contributed by atoms with van der Waals surface area (Å²) >= 11 is 0. The van der Waals surface area contributed by atoms with E-state index in [1.54, 1.807) is 13.3 Å². The molecule has 3 aromatic carbocycles. The van der Waals surface area contributed by atoms with Crippen molar-refractivity contribution < 1.29 is 9.47 Å². The maximum absolute atomic E-state index is 6.53. The van der Waals surface area contributed by atoms with E-state index in [1.807, 2.05) is 30.3 Å². The monoisotopic (exact) mass is 611 g/mol. The standard InChI is InChI=1S/C39H41N5O2/c1-24-19-29(42(5)6)20-25(2)38(24)39-26(3)41-44(27(39)4)28-11-10-12-31(21-28)46-32-15-16-34-33-13-8-9-14-35(33)43(36(34)22-32)37-23-30(45-7)17-18-40-37/h8-19,21-23,25,29,38H,20H2,1-7H3/t25-,29?,38+/m0/s1. The number of nitrogens with zero attached hydrogens (tertiary/aromatic N) is 5. The molecule has 0 saturated carbocycles. The molecule has 3 aromatic heterocycles. The molecule has 1 unspecified atom stereocenters. The van der Waals surface area contributed by atoms with Crippen LogP contribution in [0.3, 0.4) is 0 Å². The molecule has 0 fully saturated rings. The third-order valence-corrected chi connectivity index (χ3v) is 9.57. The Balaban J connectivity index is 1.24. The Kier molecular flexibility index (Phi) is 7.65. The zero-order chi connectivity index (χ0) is 32.1. The molecule has 46 heavy (non-hydrogen) atoms. The van der Waals surface area contributed by atoms with Crippen molar-refractivity contribution in [2.24, 2.45) is 5.92 Å². The third kappa shape index (κ3) is 5.14. The number of methoxy groups -OCH3 is 1. The van der Waals surface area contributed by atoms with Crippen molar-refractivity contribution in [1.82, 2.24) is 24.2 Å². The topological polar surface area (TPSA) is 57.3 Å². The van der Waals surface area contributed by atoms with Crippen LogP contribution in [0.5, 0.6) is 17.2 Å². The van der Waals surface area contributed by atoms with Gasteiger partial charge in [0.1, 0.15) is 23.1 Å². The van der Waals surface area contributed by atoms with E-state index in [9.17, 15) is 0 Å². The molecule has 7 nitrogen and oxygen atoms in total. The third-order valence-electron chi connectivity index (χ3n) is 9.57. The van der Waals surface area contributed by atoms with Gasteiger partial charge in [0.15, 0.2) is 0 Å². The molecule has 0 amide bonds. The maximum atomic E-state index is 6.53. The van der Waals surface area contributed by atoms with Crippen molar-refractivity contribution in [3.8, 4) is 28.8 Å². The predicted octanol–water partition coefficient (Wildman–Crippen LogP) is 8.78. The van der Waals surface area contributed by atoms with Crippen LogP contribution in [0.25, 0.3) is 33.3 Å². The van der Waals surface area contributed by atoms with E-state index in [0.29, 0.717) is 17.9 Å². The zero-order valence-electron chi connectivity index (χ0n) is 27.7. The van der Waals surface area contributed by atoms with Crippen LogP contribution >= 0.6 is 0 Å². The Bertz CT molecular complexity index is 2100. The first-order valence-corrected chi connectivity index (χ1v) is 16.0. The zero-order valence-corrected chi connectivity index (χ0v) is 27.7. The second kappa shape index (κ2) is 11.8. The minimum atomic E-state index is 0.363. The van der Waals surface area contributed by atoms with E-state index >= 15 is 0 Å². The van der Waals surface area contributed by atoms with Crippen LogP contribution in [0.15, 0.2) is 96.7 Å². The molecule has 3 heterocycles. The first-order valence-electron chi connectivity index (χ1n) is 16.0. The summed E-state index contributed by atoms with van der Waals surface area (Å²) in [4.78, 5) is 7.00. The number of hydrogen-bond donors (Lipinski definition) is 0. The molecule has 0 spiro atoms. The lowest BCUT2D eigenvalue weighted by Crippen LogP contribution is -2.33. The number of pyridine rings is 1. The number of rotatable bonds is 7. The summed E-state index contributed by atoms with van der Waals surface area (Å²) < 4.78 is 16.3. The predicted molar refractivity (Wildman–Crippen MR) is 186 cm³/mol. The maximum Gasteiger partial charge on any atom is 0.141 e. The summed E-state index contributed by atoms with van der Waals surface area (Å²) in [7, 11) is 6.01. The number of allylic oxidation sites excluding steroid dienone is 1. The quantitative estimate of drug-likeness (QED) is 0.169. The van der Waals surface area contributed by atoms with Crippen LogP contribution in [0.4, 0.5) is 0 Å². The van der Waals surface area contributed by atoms with Gasteiger partial charge in [0.2, 0.25) is 0 Å². The van der Waals surface area contributed by atoms with E-state index in [2.05, 4.69) is 116 Å². The molecule has 7 rings (SSSR count). The number of hydrogen-bond acceptors (Lipinski definition) is 5. The summed E-state index contributed by atoms with van der Waals surface area (Å²) in [6.07, 6.45) is 5.35. The van der Waals surface area contributed by atoms with Gasteiger partial charge in [-0.15, -0.1) is 0 Å². The van der Waals surface area contributed by atoms with Crippen LogP contribution in [-0.2, 0) is 0 Å². The summed E-state index contributed by atoms with van der Waals surface area (Å²) in [5.74, 6) is 3.94. The number of benzene rings is 3. The summed E-state index contributed by atoms with van der Waals surface area (Å²) in [5, 5.41) is 7.35. The fourth-order valence-corrected chi connectivity index (χ4v) is 7.39. The number of fused-ring (bicyclic) bond motifs is 3. The first kappa shape index (κ1) is 29.8. The Labute approximate surface area is 270 Å². The fraction of sp³-hybridized carbons (Fsp3) is 0.282. The number of aryl methyl sites for hydroxylation is 1. The Morgan fingerprint density at radius 1 is 0.826 bits per heavy atom. The molecular weight excluding hydrogens is 570 g/mol. The van der Waals surface area contributed by atoms with E-state index in [-0.39, 0.29) is 0 Å². The first-order chi connectivity index (χ1) is 22.2. The molecule has 1 aliphatic rings. The van der Waals surface area contributed by atoms with Gasteiger partial charge in [-0.25, -0.2) is 9.67 Å². The molecular formula is C39H41N5O2. The number of aromatic nitrogens is 4. The fourth-order valence-electron chi connectivity index (χ4n) is 7.39. The van der Waals surface area contributed by atoms with Crippen LogP contribution < -0.4 is 9.47 Å². The SMILES string of the molecule is COc1ccnc(-n2c3ccccc3c3ccc(Oc4cccc(-n5nc(C)c([C@@H]6C(C)=CC(N(C)C)C[C@@H]6C)c5C)c4)cc32)c1. The van der Waals surface area contributed by atoms with Crippen molar-refractivity contribution >= 4 is 21.8 Å². The van der Waals surface area contributed by atoms with Gasteiger partial charge < -0.3 is 14.4 Å². The van der Waals surface area contributed by atoms with Gasteiger partial charge in [-0.1, -0.05) is 42.8 Å². The van der Waals surface area contributed by atoms with E-state index < -0.39 is 0 Å². The number of para-hydroxylation sites is 1. The molecule has 7 heteroatoms. The molecule has 0 N–H and O–H groups in total. The minimum Gasteiger partial charge on any atom is -0.497 e. The minimum absolute atomic E-state index is 0.363. The smallest absolute Gasteiger partial charge is 0.141 e. The Morgan fingerprint density at radius 3 is 2.39 bits per heavy atom. The normalized spacial score (nSPS) is 18.3. The van der Waals surface area contributed by atoms with Gasteiger partial charge in [0.25, 0.3) is 0 Å². The van der Waals surface area contributed by atoms with E-state index in [1.165, 1.54) is 16.8 Å². The second-order valence-electron chi connectivity index (χ2n) is 12.8. The van der Waals surface area contributed by atoms with E-state index in [0.717, 1.165) is 62.7 Å². The van der Waals surface area contributed by atoms with E-state index in [4.69, 9.17) is 14.6 Å². The lowest BCUT2D eigenvalue weighted by Gasteiger charge is -2.36. The van der Waals surface area contributed by atoms with Crippen LogP contribution in [0, 0.1) is 19.8 Å². The Hall–Kier alpha value is -4.88. The molecule has 6 aromatic rings. The molecule has 0 radical (unpaired) electrons. The van der Waals surface area contributed by atoms with Gasteiger partial charge in [-0.2, -0.15) is 5.10 Å². The summed E-state index contributed by atoms with van der Waals surface area (Å²) in [5.41, 5.74) is 8.11. The Morgan fingerprint density at radius 2 is 1.61 bits per heavy atom. The second-order valence-corrected chi connectivity index (χ2v) is 12.8. The van der Waals surface area contributed by atoms with Gasteiger partial charge in [0, 0.05) is 58.4 Å². The number of likely N-dealkylation sites (N-methyl/N-ethyl adjacent to an activating group) is 1. The lowest BCUT2D eigenvalue weighted by atomic mass is 9.73. The van der Waals surface area contributed by atoms with Gasteiger partial charge in [-0.05, 0) is 83.6 Å². The van der Waals surface area contributed by atoms with Gasteiger partial charge >= 0.3 is 0 Å². The van der Waals surface area contributed by atoms with Crippen molar-refractivity contribution in [3.05, 3.63) is 114 Å². The highest BCUT2D eigenvalue weighted by molar-refractivity contribution is 6.09. The lowest BCUT2D eigenvalue weighted by molar-refractivity contribution is 0.266. The molecule has 0 aliphatic heterocycles.